The van der Waals surface area contributed by atoms with Crippen LogP contribution in [0.1, 0.15) is 32.6 Å². The third-order valence-corrected chi connectivity index (χ3v) is 6.46. The van der Waals surface area contributed by atoms with Gasteiger partial charge in [0.2, 0.25) is 0 Å². The molecule has 0 aliphatic rings. The molecule has 0 fully saturated rings. The van der Waals surface area contributed by atoms with Gasteiger partial charge in [0.1, 0.15) is 0 Å². The van der Waals surface area contributed by atoms with Crippen LogP contribution in [0.15, 0.2) is 0 Å². The van der Waals surface area contributed by atoms with Crippen molar-refractivity contribution in [1.29, 1.82) is 0 Å². The third-order valence-electron chi connectivity index (χ3n) is 5.15. The van der Waals surface area contributed by atoms with E-state index in [0.29, 0.717) is 19.3 Å². The highest BCUT2D eigenvalue weighted by Crippen LogP contribution is 2.59. The van der Waals surface area contributed by atoms with E-state index in [0.717, 1.165) is 0 Å². The quantitative estimate of drug-likeness (QED) is 0.0773. The summed E-state index contributed by atoms with van der Waals surface area (Å²) in [4.78, 5) is 0. The van der Waals surface area contributed by atoms with Gasteiger partial charge in [-0.05, 0) is 6.42 Å². The molecule has 5 nitrogen and oxygen atoms in total. The van der Waals surface area contributed by atoms with Gasteiger partial charge in [-0.3, -0.25) is 0 Å². The van der Waals surface area contributed by atoms with Gasteiger partial charge >= 0.3 is 63.2 Å². The average Bonchev–Trinajstić information content (AvgIpc) is 2.83. The summed E-state index contributed by atoms with van der Waals surface area (Å²) in [6, 6.07) is 0. The molecule has 0 bridgehead atoms. The Morgan fingerprint density at radius 2 is 1.05 bits per heavy atom. The second-order valence-corrected chi connectivity index (χ2v) is 10.0. The van der Waals surface area contributed by atoms with E-state index >= 15 is 0 Å². The fourth-order valence-electron chi connectivity index (χ4n) is 2.53. The molecule has 0 radical (unpaired) electrons. The SMILES string of the molecule is CCCCCCOCCOC(F)(F)C(F)(F)C(F)(F)C(F)(F)C(F)(F)C(F)OS(=O)(=O)C(F)(F)C(F)(F)C(F)(F)C(F)(F)F. The normalized spacial score (nSPS) is 16.4. The van der Waals surface area contributed by atoms with Gasteiger partial charge in [0.25, 0.3) is 6.36 Å². The predicted octanol–water partition coefficient (Wildman–Crippen LogP) is 7.80. The van der Waals surface area contributed by atoms with Gasteiger partial charge in [-0.2, -0.15) is 91.8 Å². The molecule has 0 saturated heterocycles. The number of rotatable bonds is 19. The van der Waals surface area contributed by atoms with Crippen LogP contribution in [-0.4, -0.2) is 87.7 Å². The van der Waals surface area contributed by atoms with E-state index in [9.17, 15) is 96.2 Å². The highest BCUT2D eigenvalue weighted by atomic mass is 32.2. The smallest absolute Gasteiger partial charge is 0.379 e. The van der Waals surface area contributed by atoms with E-state index in [1.165, 1.54) is 0 Å². The first kappa shape index (κ1) is 42.4. The molecule has 0 rings (SSSR count). The lowest BCUT2D eigenvalue weighted by atomic mass is 9.97. The lowest BCUT2D eigenvalue weighted by Gasteiger charge is -2.39. The first-order valence-electron chi connectivity index (χ1n) is 11.1. The monoisotopic (exact) mass is 726 g/mol. The number of ether oxygens (including phenoxy) is 2. The number of alkyl halides is 20. The van der Waals surface area contributed by atoms with E-state index < -0.39 is 82.8 Å². The molecule has 266 valence electrons. The second-order valence-electron chi connectivity index (χ2n) is 8.41. The van der Waals surface area contributed by atoms with Crippen molar-refractivity contribution in [3.63, 3.8) is 0 Å². The maximum absolute atomic E-state index is 13.8. The molecule has 26 heteroatoms. The molecule has 1 unspecified atom stereocenters. The van der Waals surface area contributed by atoms with Gasteiger partial charge in [0.15, 0.2) is 0 Å². The predicted molar refractivity (Wildman–Crippen MR) is 101 cm³/mol. The Morgan fingerprint density at radius 3 is 1.48 bits per heavy atom. The van der Waals surface area contributed by atoms with E-state index in [4.69, 9.17) is 0 Å². The molecular formula is C18H18F20O5S. The fraction of sp³-hybridized carbons (Fsp3) is 1.00. The fourth-order valence-corrected chi connectivity index (χ4v) is 3.44. The largest absolute Gasteiger partial charge is 0.460 e. The highest BCUT2D eigenvalue weighted by Gasteiger charge is 2.90. The Kier molecular flexibility index (Phi) is 12.8. The molecule has 0 amide bonds. The van der Waals surface area contributed by atoms with Gasteiger partial charge in [0, 0.05) is 6.61 Å². The molecule has 0 aromatic heterocycles. The van der Waals surface area contributed by atoms with E-state index in [1.807, 2.05) is 0 Å². The molecule has 44 heavy (non-hydrogen) atoms. The Bertz CT molecular complexity index is 1040. The molecule has 0 aliphatic carbocycles. The molecule has 0 heterocycles. The lowest BCUT2D eigenvalue weighted by molar-refractivity contribution is -0.452. The van der Waals surface area contributed by atoms with Crippen LogP contribution in [0.5, 0.6) is 0 Å². The topological polar surface area (TPSA) is 61.8 Å². The summed E-state index contributed by atoms with van der Waals surface area (Å²) >= 11 is 0. The van der Waals surface area contributed by atoms with Crippen LogP contribution < -0.4 is 0 Å². The van der Waals surface area contributed by atoms with Gasteiger partial charge < -0.3 is 9.47 Å². The number of hydrogen-bond acceptors (Lipinski definition) is 5. The molecule has 1 atom stereocenters. The molecule has 0 spiro atoms. The first-order valence-corrected chi connectivity index (χ1v) is 12.5. The van der Waals surface area contributed by atoms with E-state index in [-0.39, 0.29) is 13.0 Å². The van der Waals surface area contributed by atoms with Crippen LogP contribution in [0.25, 0.3) is 0 Å². The van der Waals surface area contributed by atoms with Gasteiger partial charge in [-0.1, -0.05) is 26.2 Å². The van der Waals surface area contributed by atoms with Crippen molar-refractivity contribution < 1.29 is 110 Å². The summed E-state index contributed by atoms with van der Waals surface area (Å²) in [5.74, 6) is -49.1. The summed E-state index contributed by atoms with van der Waals surface area (Å²) in [7, 11) is -8.81. The van der Waals surface area contributed by atoms with E-state index in [2.05, 4.69) is 9.47 Å². The van der Waals surface area contributed by atoms with Crippen molar-refractivity contribution in [1.82, 2.24) is 0 Å². The molecule has 0 N–H and O–H groups in total. The number of halogens is 20. The van der Waals surface area contributed by atoms with Crippen LogP contribution in [0.2, 0.25) is 0 Å². The molecular weight excluding hydrogens is 708 g/mol. The molecule has 0 aromatic rings. The Balaban J connectivity index is 6.14. The Hall–Kier alpha value is -1.57. The first-order chi connectivity index (χ1) is 19.2. The average molecular weight is 726 g/mol. The Morgan fingerprint density at radius 1 is 0.568 bits per heavy atom. The molecule has 0 aliphatic heterocycles. The van der Waals surface area contributed by atoms with Gasteiger partial charge in [-0.25, -0.2) is 8.57 Å². The number of unbranched alkanes of at least 4 members (excludes halogenated alkanes) is 3. The summed E-state index contributed by atoms with van der Waals surface area (Å²) in [5, 5.41) is -8.21. The zero-order valence-electron chi connectivity index (χ0n) is 21.0. The van der Waals surface area contributed by atoms with Crippen LogP contribution >= 0.6 is 0 Å². The highest BCUT2D eigenvalue weighted by molar-refractivity contribution is 7.87. The standard InChI is InChI=1S/C18H18F20O5S/c1-2-3-4-5-6-41-7-8-42-17(35,36)14(28,29)12(24,25)11(22,23)10(20,21)9(19)43-44(39,40)18(37,38)15(30,31)13(26,27)16(32,33)34/h9H,2-8H2,1H3. The minimum Gasteiger partial charge on any atom is -0.379 e. The van der Waals surface area contributed by atoms with Crippen molar-refractivity contribution in [3.8, 4) is 0 Å². The minimum atomic E-state index is -8.81. The minimum absolute atomic E-state index is 0.246. The Labute approximate surface area is 232 Å². The van der Waals surface area contributed by atoms with Crippen molar-refractivity contribution >= 4 is 10.1 Å². The van der Waals surface area contributed by atoms with Crippen molar-refractivity contribution in [2.75, 3.05) is 19.8 Å². The maximum Gasteiger partial charge on any atom is 0.460 e. The zero-order chi connectivity index (χ0) is 35.6. The summed E-state index contributed by atoms with van der Waals surface area (Å²) in [6.07, 6.45) is -19.1. The van der Waals surface area contributed by atoms with E-state index in [1.54, 1.807) is 11.1 Å². The van der Waals surface area contributed by atoms with Crippen LogP contribution in [0.3, 0.4) is 0 Å². The van der Waals surface area contributed by atoms with Gasteiger partial charge in [0.05, 0.1) is 13.2 Å². The molecule has 0 saturated carbocycles. The van der Waals surface area contributed by atoms with Crippen LogP contribution in [-0.2, 0) is 23.8 Å². The van der Waals surface area contributed by atoms with Crippen molar-refractivity contribution in [3.05, 3.63) is 0 Å². The van der Waals surface area contributed by atoms with Crippen LogP contribution in [0.4, 0.5) is 87.8 Å². The maximum atomic E-state index is 13.8. The van der Waals surface area contributed by atoms with Crippen LogP contribution in [0, 0.1) is 0 Å². The molecule has 0 aromatic carbocycles. The van der Waals surface area contributed by atoms with Gasteiger partial charge in [-0.15, -0.1) is 0 Å². The van der Waals surface area contributed by atoms with Crippen molar-refractivity contribution in [2.24, 2.45) is 0 Å². The van der Waals surface area contributed by atoms with Crippen molar-refractivity contribution in [2.45, 2.75) is 92.0 Å². The summed E-state index contributed by atoms with van der Waals surface area (Å²) in [6.45, 7) is -1.44. The zero-order valence-corrected chi connectivity index (χ0v) is 21.9. The second kappa shape index (κ2) is 13.3. The lowest BCUT2D eigenvalue weighted by Crippen LogP contribution is -2.70. The summed E-state index contributed by atoms with van der Waals surface area (Å²) in [5.41, 5.74) is 0. The summed E-state index contributed by atoms with van der Waals surface area (Å²) < 4.78 is 297. The third kappa shape index (κ3) is 7.36. The number of hydrogen-bond donors (Lipinski definition) is 0.